The predicted molar refractivity (Wildman–Crippen MR) is 110 cm³/mol. The second-order valence-electron chi connectivity index (χ2n) is 7.60. The number of amides is 1. The number of hydrogen-bond donors (Lipinski definition) is 1. The van der Waals surface area contributed by atoms with Gasteiger partial charge in [0, 0.05) is 12.7 Å². The van der Waals surface area contributed by atoms with Crippen LogP contribution in [-0.2, 0) is 27.9 Å². The van der Waals surface area contributed by atoms with Gasteiger partial charge in [-0.05, 0) is 55.3 Å². The van der Waals surface area contributed by atoms with Crippen LogP contribution in [0.25, 0.3) is 0 Å². The van der Waals surface area contributed by atoms with Gasteiger partial charge in [-0.25, -0.2) is 8.42 Å². The summed E-state index contributed by atoms with van der Waals surface area (Å²) in [6.07, 6.45) is 3.30. The van der Waals surface area contributed by atoms with Crippen molar-refractivity contribution in [2.24, 2.45) is 0 Å². The van der Waals surface area contributed by atoms with Crippen LogP contribution in [0.5, 0.6) is 0 Å². The highest BCUT2D eigenvalue weighted by Gasteiger charge is 2.34. The lowest BCUT2D eigenvalue weighted by Crippen LogP contribution is -2.42. The number of benzene rings is 1. The number of aryl methyl sites for hydroxylation is 2. The third-order valence-electron chi connectivity index (χ3n) is 5.14. The number of rotatable bonds is 6. The summed E-state index contributed by atoms with van der Waals surface area (Å²) >= 11 is 0. The SMILES string of the molecule is Cc1cc(C)cc(S(=O)(=O)N2Cc3ccnn3C(CC(=O)NCc3ccco3)C2)c1. The molecule has 0 bridgehead atoms. The van der Waals surface area contributed by atoms with Gasteiger partial charge in [-0.15, -0.1) is 0 Å². The minimum atomic E-state index is -3.70. The maximum Gasteiger partial charge on any atom is 0.243 e. The first-order chi connectivity index (χ1) is 14.3. The summed E-state index contributed by atoms with van der Waals surface area (Å²) in [7, 11) is -3.70. The topological polar surface area (TPSA) is 97.4 Å². The van der Waals surface area contributed by atoms with E-state index in [1.54, 1.807) is 47.5 Å². The van der Waals surface area contributed by atoms with Gasteiger partial charge in [0.15, 0.2) is 0 Å². The van der Waals surface area contributed by atoms with Crippen molar-refractivity contribution >= 4 is 15.9 Å². The second-order valence-corrected chi connectivity index (χ2v) is 9.54. The van der Waals surface area contributed by atoms with Crippen LogP contribution in [-0.4, -0.2) is 35.0 Å². The van der Waals surface area contributed by atoms with Crippen molar-refractivity contribution in [2.75, 3.05) is 6.54 Å². The third kappa shape index (κ3) is 4.17. The molecule has 1 aliphatic heterocycles. The first-order valence-corrected chi connectivity index (χ1v) is 11.2. The van der Waals surface area contributed by atoms with Crippen molar-refractivity contribution < 1.29 is 17.6 Å². The molecule has 8 nitrogen and oxygen atoms in total. The summed E-state index contributed by atoms with van der Waals surface area (Å²) in [6.45, 7) is 4.44. The highest BCUT2D eigenvalue weighted by atomic mass is 32.2. The number of nitrogens with one attached hydrogen (secondary N) is 1. The van der Waals surface area contributed by atoms with E-state index in [2.05, 4.69) is 10.4 Å². The number of fused-ring (bicyclic) bond motifs is 1. The Morgan fingerprint density at radius 3 is 2.70 bits per heavy atom. The average Bonchev–Trinajstić information content (AvgIpc) is 3.37. The van der Waals surface area contributed by atoms with E-state index in [9.17, 15) is 13.2 Å². The maximum absolute atomic E-state index is 13.3. The summed E-state index contributed by atoms with van der Waals surface area (Å²) in [5, 5.41) is 7.13. The second kappa shape index (κ2) is 8.08. The van der Waals surface area contributed by atoms with Gasteiger partial charge in [-0.2, -0.15) is 9.40 Å². The Morgan fingerprint density at radius 1 is 1.23 bits per heavy atom. The molecule has 0 aliphatic carbocycles. The molecule has 1 N–H and O–H groups in total. The van der Waals surface area contributed by atoms with E-state index in [0.29, 0.717) is 5.76 Å². The number of nitrogens with zero attached hydrogens (tertiary/aromatic N) is 3. The van der Waals surface area contributed by atoms with Gasteiger partial charge in [0.1, 0.15) is 5.76 Å². The largest absolute Gasteiger partial charge is 0.467 e. The van der Waals surface area contributed by atoms with Gasteiger partial charge < -0.3 is 9.73 Å². The Hall–Kier alpha value is -2.91. The predicted octanol–water partition coefficient (Wildman–Crippen LogP) is 2.55. The zero-order valence-electron chi connectivity index (χ0n) is 16.9. The highest BCUT2D eigenvalue weighted by molar-refractivity contribution is 7.89. The molecule has 0 saturated heterocycles. The van der Waals surface area contributed by atoms with Gasteiger partial charge >= 0.3 is 0 Å². The van der Waals surface area contributed by atoms with Crippen molar-refractivity contribution in [3.8, 4) is 0 Å². The van der Waals surface area contributed by atoms with Crippen molar-refractivity contribution in [2.45, 2.75) is 44.3 Å². The average molecular weight is 429 g/mol. The van der Waals surface area contributed by atoms with E-state index < -0.39 is 10.0 Å². The Morgan fingerprint density at radius 2 is 2.00 bits per heavy atom. The molecule has 1 atom stereocenters. The van der Waals surface area contributed by atoms with E-state index >= 15 is 0 Å². The standard InChI is InChI=1S/C21H24N4O4S/c1-15-8-16(2)10-20(9-15)30(27,28)24-13-17-5-6-23-25(17)18(14-24)11-21(26)22-12-19-4-3-7-29-19/h3-10,18H,11-14H2,1-2H3,(H,22,26). The first-order valence-electron chi connectivity index (χ1n) is 9.73. The number of furan rings is 1. The molecule has 2 aromatic heterocycles. The van der Waals surface area contributed by atoms with Crippen LogP contribution in [0.1, 0.15) is 35.0 Å². The van der Waals surface area contributed by atoms with Gasteiger partial charge in [0.25, 0.3) is 0 Å². The maximum atomic E-state index is 13.3. The molecule has 1 amide bonds. The summed E-state index contributed by atoms with van der Waals surface area (Å²) < 4.78 is 35.0. The number of carbonyl (C=O) groups is 1. The zero-order chi connectivity index (χ0) is 21.3. The van der Waals surface area contributed by atoms with Crippen molar-refractivity contribution in [1.29, 1.82) is 0 Å². The van der Waals surface area contributed by atoms with E-state index in [0.717, 1.165) is 16.8 Å². The Bertz CT molecular complexity index is 1130. The number of carbonyl (C=O) groups excluding carboxylic acids is 1. The number of aromatic nitrogens is 2. The van der Waals surface area contributed by atoms with Gasteiger partial charge in [0.2, 0.25) is 15.9 Å². The van der Waals surface area contributed by atoms with Gasteiger partial charge in [-0.1, -0.05) is 6.07 Å². The molecule has 3 aromatic rings. The smallest absolute Gasteiger partial charge is 0.243 e. The van der Waals surface area contributed by atoms with E-state index in [1.165, 1.54) is 4.31 Å². The quantitative estimate of drug-likeness (QED) is 0.651. The molecule has 0 saturated carbocycles. The van der Waals surface area contributed by atoms with Crippen molar-refractivity contribution in [1.82, 2.24) is 19.4 Å². The van der Waals surface area contributed by atoms with Crippen molar-refractivity contribution in [3.05, 3.63) is 71.4 Å². The molecule has 1 aliphatic rings. The fourth-order valence-corrected chi connectivity index (χ4v) is 5.44. The molecule has 1 aromatic carbocycles. The van der Waals surface area contributed by atoms with Crippen LogP contribution in [0, 0.1) is 13.8 Å². The molecule has 0 fully saturated rings. The number of sulfonamides is 1. The fraction of sp³-hybridized carbons (Fsp3) is 0.333. The van der Waals surface area contributed by atoms with E-state index in [1.807, 2.05) is 19.9 Å². The van der Waals surface area contributed by atoms with Crippen LogP contribution in [0.3, 0.4) is 0 Å². The Kier molecular flexibility index (Phi) is 5.48. The minimum Gasteiger partial charge on any atom is -0.467 e. The summed E-state index contributed by atoms with van der Waals surface area (Å²) in [5.41, 5.74) is 2.55. The lowest BCUT2D eigenvalue weighted by atomic mass is 10.1. The van der Waals surface area contributed by atoms with Crippen LogP contribution in [0.2, 0.25) is 0 Å². The lowest BCUT2D eigenvalue weighted by molar-refractivity contribution is -0.122. The van der Waals surface area contributed by atoms with Gasteiger partial charge in [-0.3, -0.25) is 9.48 Å². The van der Waals surface area contributed by atoms with E-state index in [-0.39, 0.29) is 42.9 Å². The molecule has 0 radical (unpaired) electrons. The minimum absolute atomic E-state index is 0.119. The molecule has 158 valence electrons. The molecule has 4 rings (SSSR count). The number of hydrogen-bond acceptors (Lipinski definition) is 5. The van der Waals surface area contributed by atoms with Gasteiger partial charge in [0.05, 0.1) is 42.4 Å². The van der Waals surface area contributed by atoms with Crippen LogP contribution >= 0.6 is 0 Å². The third-order valence-corrected chi connectivity index (χ3v) is 6.93. The molecule has 1 unspecified atom stereocenters. The monoisotopic (exact) mass is 428 g/mol. The van der Waals surface area contributed by atoms with Crippen LogP contribution in [0.4, 0.5) is 0 Å². The van der Waals surface area contributed by atoms with E-state index in [4.69, 9.17) is 4.42 Å². The molecule has 9 heteroatoms. The summed E-state index contributed by atoms with van der Waals surface area (Å²) in [4.78, 5) is 12.8. The molecule has 0 spiro atoms. The highest BCUT2D eigenvalue weighted by Crippen LogP contribution is 2.28. The lowest BCUT2D eigenvalue weighted by Gasteiger charge is -2.33. The Labute approximate surface area is 175 Å². The summed E-state index contributed by atoms with van der Waals surface area (Å²) in [5.74, 6) is 0.467. The van der Waals surface area contributed by atoms with Crippen LogP contribution in [0.15, 0.2) is 58.2 Å². The normalized spacial score (nSPS) is 16.9. The zero-order valence-corrected chi connectivity index (χ0v) is 17.7. The first kappa shape index (κ1) is 20.4. The fourth-order valence-electron chi connectivity index (χ4n) is 3.80. The molecule has 3 heterocycles. The molecular formula is C21H24N4O4S. The summed E-state index contributed by atoms with van der Waals surface area (Å²) in [6, 6.07) is 10.2. The molecular weight excluding hydrogens is 404 g/mol. The van der Waals surface area contributed by atoms with Crippen molar-refractivity contribution in [3.63, 3.8) is 0 Å². The van der Waals surface area contributed by atoms with Crippen LogP contribution < -0.4 is 5.32 Å². The Balaban J connectivity index is 1.53. The molecule has 30 heavy (non-hydrogen) atoms.